The summed E-state index contributed by atoms with van der Waals surface area (Å²) in [5.74, 6) is 1.53. The highest BCUT2D eigenvalue weighted by Crippen LogP contribution is 2.37. The maximum absolute atomic E-state index is 11.4. The molecule has 4 aromatic rings. The van der Waals surface area contributed by atoms with E-state index in [4.69, 9.17) is 0 Å². The predicted octanol–water partition coefficient (Wildman–Crippen LogP) is 14.6. The van der Waals surface area contributed by atoms with E-state index in [2.05, 4.69) is 98.7 Å². The van der Waals surface area contributed by atoms with Crippen molar-refractivity contribution < 1.29 is 15.3 Å². The molecule has 3 nitrogen and oxygen atoms in total. The van der Waals surface area contributed by atoms with Crippen molar-refractivity contribution in [3.05, 3.63) is 120 Å². The van der Waals surface area contributed by atoms with Crippen molar-refractivity contribution in [2.75, 3.05) is 0 Å². The van der Waals surface area contributed by atoms with Crippen molar-refractivity contribution in [2.45, 2.75) is 197 Å². The van der Waals surface area contributed by atoms with Gasteiger partial charge in [0, 0.05) is 0 Å². The first-order valence-corrected chi connectivity index (χ1v) is 23.1. The van der Waals surface area contributed by atoms with Gasteiger partial charge in [0.05, 0.1) is 0 Å². The van der Waals surface area contributed by atoms with E-state index in [1.54, 1.807) is 0 Å². The lowest BCUT2D eigenvalue weighted by molar-refractivity contribution is 0.458. The number of unbranched alkanes of at least 4 members (excludes halogenated alkanes) is 6. The summed E-state index contributed by atoms with van der Waals surface area (Å²) in [6.45, 7) is 20.4. The van der Waals surface area contributed by atoms with Gasteiger partial charge in [-0.05, 0) is 201 Å². The van der Waals surface area contributed by atoms with Gasteiger partial charge < -0.3 is 15.3 Å². The molecule has 0 heterocycles. The summed E-state index contributed by atoms with van der Waals surface area (Å²) < 4.78 is 0. The molecule has 0 amide bonds. The van der Waals surface area contributed by atoms with Gasteiger partial charge in [-0.2, -0.15) is 0 Å². The number of phenolic OH excluding ortho intramolecular Hbond substituents is 3. The maximum Gasteiger partial charge on any atom is 0.121 e. The van der Waals surface area contributed by atoms with E-state index in [0.717, 1.165) is 168 Å². The van der Waals surface area contributed by atoms with Crippen LogP contribution in [0.2, 0.25) is 0 Å². The molecule has 0 unspecified atom stereocenters. The molecular weight excluding hydrogens is 697 g/mol. The molecule has 57 heavy (non-hydrogen) atoms. The average molecular weight is 775 g/mol. The Balaban J connectivity index is 1.95. The van der Waals surface area contributed by atoms with E-state index >= 15 is 0 Å². The van der Waals surface area contributed by atoms with Crippen molar-refractivity contribution in [1.82, 2.24) is 0 Å². The van der Waals surface area contributed by atoms with E-state index in [-0.39, 0.29) is 0 Å². The van der Waals surface area contributed by atoms with Gasteiger partial charge in [0.1, 0.15) is 17.2 Å². The number of hydrogen-bond donors (Lipinski definition) is 3. The largest absolute Gasteiger partial charge is 0.507 e. The number of aromatic hydroxyl groups is 3. The lowest BCUT2D eigenvalue weighted by atomic mass is 9.80. The first-order valence-electron chi connectivity index (χ1n) is 23.1. The third-order valence-corrected chi connectivity index (χ3v) is 12.6. The number of benzene rings is 4. The van der Waals surface area contributed by atoms with Gasteiger partial charge in [-0.15, -0.1) is 0 Å². The Morgan fingerprint density at radius 2 is 0.491 bits per heavy atom. The van der Waals surface area contributed by atoms with Crippen molar-refractivity contribution >= 4 is 0 Å². The highest BCUT2D eigenvalue weighted by atomic mass is 16.3. The number of aryl methyl sites for hydroxylation is 6. The van der Waals surface area contributed by atoms with Crippen molar-refractivity contribution in [1.29, 1.82) is 0 Å². The molecule has 4 aromatic carbocycles. The minimum absolute atomic E-state index is 0.509. The first-order chi connectivity index (χ1) is 27.5. The van der Waals surface area contributed by atoms with Crippen LogP contribution < -0.4 is 0 Å². The van der Waals surface area contributed by atoms with Crippen LogP contribution in [0.3, 0.4) is 0 Å². The van der Waals surface area contributed by atoms with Gasteiger partial charge in [0.15, 0.2) is 0 Å². The summed E-state index contributed by atoms with van der Waals surface area (Å²) >= 11 is 0. The minimum Gasteiger partial charge on any atom is -0.507 e. The van der Waals surface area contributed by atoms with Gasteiger partial charge in [-0.25, -0.2) is 0 Å². The molecular formula is C54H78O3. The quantitative estimate of drug-likeness (QED) is 0.0664. The summed E-state index contributed by atoms with van der Waals surface area (Å²) in [6, 6.07) is 13.7. The fourth-order valence-electron chi connectivity index (χ4n) is 8.95. The fraction of sp³-hybridized carbons (Fsp3) is 0.556. The Morgan fingerprint density at radius 1 is 0.316 bits per heavy atom. The van der Waals surface area contributed by atoms with Gasteiger partial charge in [0.2, 0.25) is 0 Å². The number of rotatable bonds is 24. The monoisotopic (exact) mass is 775 g/mol. The molecule has 0 aliphatic rings. The normalized spacial score (nSPS) is 11.5. The van der Waals surface area contributed by atoms with Gasteiger partial charge in [0.25, 0.3) is 0 Å². The van der Waals surface area contributed by atoms with Crippen LogP contribution in [0.4, 0.5) is 0 Å². The first kappa shape index (κ1) is 46.0. The van der Waals surface area contributed by atoms with Crippen LogP contribution in [-0.2, 0) is 57.8 Å². The summed E-state index contributed by atoms with van der Waals surface area (Å²) in [5.41, 5.74) is 18.7. The fourth-order valence-corrected chi connectivity index (χ4v) is 8.95. The highest BCUT2D eigenvalue weighted by molar-refractivity contribution is 5.57. The Kier molecular flexibility index (Phi) is 18.6. The summed E-state index contributed by atoms with van der Waals surface area (Å²) in [7, 11) is 0. The molecule has 0 radical (unpaired) electrons. The maximum atomic E-state index is 11.4. The van der Waals surface area contributed by atoms with E-state index in [1.807, 2.05) is 0 Å². The van der Waals surface area contributed by atoms with Gasteiger partial charge >= 0.3 is 0 Å². The Morgan fingerprint density at radius 3 is 0.649 bits per heavy atom. The Bertz CT molecular complexity index is 1570. The zero-order chi connectivity index (χ0) is 41.5. The van der Waals surface area contributed by atoms with Crippen LogP contribution >= 0.6 is 0 Å². The SMILES string of the molecule is CCCCc1cc(Cc2c(C)c(Cc3cc(CCCC)c(O)c(CCCC)c3)c(C)c(Cc3cc(CCCC)c(O)c(CCCC)c3)c2C)cc(CCCC)c1O. The second-order valence-corrected chi connectivity index (χ2v) is 17.3. The lowest BCUT2D eigenvalue weighted by Crippen LogP contribution is -2.11. The zero-order valence-corrected chi connectivity index (χ0v) is 37.7. The van der Waals surface area contributed by atoms with Crippen LogP contribution in [0.15, 0.2) is 36.4 Å². The molecule has 0 saturated heterocycles. The molecule has 0 aromatic heterocycles. The molecule has 0 bridgehead atoms. The molecule has 3 heteroatoms. The van der Waals surface area contributed by atoms with Crippen LogP contribution in [0, 0.1) is 20.8 Å². The van der Waals surface area contributed by atoms with Crippen LogP contribution in [0.25, 0.3) is 0 Å². The third-order valence-electron chi connectivity index (χ3n) is 12.6. The van der Waals surface area contributed by atoms with Gasteiger partial charge in [-0.1, -0.05) is 116 Å². The van der Waals surface area contributed by atoms with Crippen molar-refractivity contribution in [2.24, 2.45) is 0 Å². The molecule has 0 fully saturated rings. The standard InChI is InChI=1S/C54H78O3/c1-10-16-22-43-28-40(29-44(52(43)55)23-17-11-2)34-49-37(7)50(35-41-30-45(24-18-12-3)53(56)46(31-41)25-19-13-4)39(9)51(38(49)8)36-42-32-47(26-20-14-5)54(57)48(33-42)27-21-15-6/h28-33,55-57H,10-27,34-36H2,1-9H3. The van der Waals surface area contributed by atoms with Gasteiger partial charge in [-0.3, -0.25) is 0 Å². The third kappa shape index (κ3) is 12.2. The topological polar surface area (TPSA) is 60.7 Å². The molecule has 4 rings (SSSR count). The number of phenols is 3. The predicted molar refractivity (Wildman–Crippen MR) is 245 cm³/mol. The Labute approximate surface area is 348 Å². The molecule has 312 valence electrons. The van der Waals surface area contributed by atoms with Crippen LogP contribution in [-0.4, -0.2) is 15.3 Å². The van der Waals surface area contributed by atoms with E-state index < -0.39 is 0 Å². The van der Waals surface area contributed by atoms with Crippen LogP contribution in [0.5, 0.6) is 17.2 Å². The van der Waals surface area contributed by atoms with E-state index in [9.17, 15) is 15.3 Å². The number of hydrogen-bond acceptors (Lipinski definition) is 3. The molecule has 3 N–H and O–H groups in total. The zero-order valence-electron chi connectivity index (χ0n) is 37.7. The summed E-state index contributed by atoms with van der Waals surface area (Å²) in [6.07, 6.45) is 20.9. The average Bonchev–Trinajstić information content (AvgIpc) is 3.20. The van der Waals surface area contributed by atoms with Crippen molar-refractivity contribution in [3.63, 3.8) is 0 Å². The summed E-state index contributed by atoms with van der Waals surface area (Å²) in [5, 5.41) is 34.2. The highest BCUT2D eigenvalue weighted by Gasteiger charge is 2.22. The summed E-state index contributed by atoms with van der Waals surface area (Å²) in [4.78, 5) is 0. The molecule has 0 aliphatic carbocycles. The van der Waals surface area contributed by atoms with Crippen LogP contribution in [0.1, 0.15) is 202 Å². The van der Waals surface area contributed by atoms with Crippen molar-refractivity contribution in [3.8, 4) is 17.2 Å². The van der Waals surface area contributed by atoms with E-state index in [1.165, 1.54) is 50.1 Å². The second kappa shape index (κ2) is 23.0. The molecule has 0 atom stereocenters. The second-order valence-electron chi connectivity index (χ2n) is 17.3. The lowest BCUT2D eigenvalue weighted by Gasteiger charge is -2.25. The molecule has 0 saturated carbocycles. The molecule has 0 spiro atoms. The van der Waals surface area contributed by atoms with E-state index in [0.29, 0.717) is 17.2 Å². The smallest absolute Gasteiger partial charge is 0.121 e. The Hall–Kier alpha value is -3.72. The minimum atomic E-state index is 0.509. The molecule has 0 aliphatic heterocycles.